The van der Waals surface area contributed by atoms with Gasteiger partial charge in [0.2, 0.25) is 11.8 Å². The summed E-state index contributed by atoms with van der Waals surface area (Å²) in [6.45, 7) is 5.38. The number of nitrogens with one attached hydrogen (secondary N) is 1. The SMILES string of the molecule is CCC(C)(CCO)NC(=O)C1CC(=O)N(CC2CC2)C1. The maximum Gasteiger partial charge on any atom is 0.225 e. The Morgan fingerprint density at radius 2 is 2.20 bits per heavy atom. The van der Waals surface area contributed by atoms with Crippen molar-refractivity contribution in [1.29, 1.82) is 0 Å². The summed E-state index contributed by atoms with van der Waals surface area (Å²) in [5, 5.41) is 12.1. The summed E-state index contributed by atoms with van der Waals surface area (Å²) in [5.41, 5.74) is -0.376. The van der Waals surface area contributed by atoms with Crippen LogP contribution in [0.5, 0.6) is 0 Å². The van der Waals surface area contributed by atoms with E-state index < -0.39 is 0 Å². The number of nitrogens with zero attached hydrogens (tertiary/aromatic N) is 1. The van der Waals surface area contributed by atoms with E-state index in [1.54, 1.807) is 0 Å². The topological polar surface area (TPSA) is 69.6 Å². The van der Waals surface area contributed by atoms with Crippen LogP contribution < -0.4 is 5.32 Å². The lowest BCUT2D eigenvalue weighted by Crippen LogP contribution is -2.48. The van der Waals surface area contributed by atoms with Crippen LogP contribution in [0.4, 0.5) is 0 Å². The molecule has 5 heteroatoms. The number of amides is 2. The molecule has 5 nitrogen and oxygen atoms in total. The summed E-state index contributed by atoms with van der Waals surface area (Å²) in [5.74, 6) is 0.494. The lowest BCUT2D eigenvalue weighted by molar-refractivity contribution is -0.129. The van der Waals surface area contributed by atoms with E-state index in [9.17, 15) is 9.59 Å². The smallest absolute Gasteiger partial charge is 0.225 e. The molecule has 0 radical (unpaired) electrons. The third-order valence-corrected chi connectivity index (χ3v) is 4.63. The van der Waals surface area contributed by atoms with Crippen molar-refractivity contribution in [3.63, 3.8) is 0 Å². The van der Waals surface area contributed by atoms with Crippen molar-refractivity contribution < 1.29 is 14.7 Å². The van der Waals surface area contributed by atoms with Crippen LogP contribution in [0.15, 0.2) is 0 Å². The van der Waals surface area contributed by atoms with Crippen molar-refractivity contribution >= 4 is 11.8 Å². The minimum absolute atomic E-state index is 0.0468. The zero-order valence-electron chi connectivity index (χ0n) is 12.5. The Morgan fingerprint density at radius 1 is 1.50 bits per heavy atom. The van der Waals surface area contributed by atoms with Crippen LogP contribution in [0.3, 0.4) is 0 Å². The third-order valence-electron chi connectivity index (χ3n) is 4.63. The van der Waals surface area contributed by atoms with Crippen molar-refractivity contribution in [3.8, 4) is 0 Å². The molecule has 0 aromatic heterocycles. The summed E-state index contributed by atoms with van der Waals surface area (Å²) < 4.78 is 0. The molecule has 2 fully saturated rings. The van der Waals surface area contributed by atoms with E-state index in [2.05, 4.69) is 5.32 Å². The fourth-order valence-corrected chi connectivity index (χ4v) is 2.71. The Kier molecular flexibility index (Phi) is 4.68. The Morgan fingerprint density at radius 3 is 2.75 bits per heavy atom. The number of aliphatic hydroxyl groups excluding tert-OH is 1. The first-order valence-corrected chi connectivity index (χ1v) is 7.68. The molecule has 1 heterocycles. The van der Waals surface area contributed by atoms with Crippen molar-refractivity contribution in [2.45, 2.75) is 51.5 Å². The molecule has 1 aliphatic carbocycles. The van der Waals surface area contributed by atoms with Gasteiger partial charge in [0.05, 0.1) is 5.92 Å². The first-order chi connectivity index (χ1) is 9.47. The van der Waals surface area contributed by atoms with Crippen molar-refractivity contribution in [3.05, 3.63) is 0 Å². The van der Waals surface area contributed by atoms with Gasteiger partial charge in [-0.2, -0.15) is 0 Å². The molecule has 114 valence electrons. The van der Waals surface area contributed by atoms with Gasteiger partial charge in [0.25, 0.3) is 0 Å². The lowest BCUT2D eigenvalue weighted by atomic mass is 9.93. The van der Waals surface area contributed by atoms with Crippen LogP contribution in [0.2, 0.25) is 0 Å². The normalized spacial score (nSPS) is 25.6. The van der Waals surface area contributed by atoms with Crippen LogP contribution in [-0.2, 0) is 9.59 Å². The van der Waals surface area contributed by atoms with Gasteiger partial charge < -0.3 is 15.3 Å². The Labute approximate surface area is 120 Å². The van der Waals surface area contributed by atoms with Crippen LogP contribution in [0, 0.1) is 11.8 Å². The molecule has 1 saturated carbocycles. The molecule has 0 aromatic rings. The van der Waals surface area contributed by atoms with Crippen LogP contribution in [-0.4, -0.2) is 47.1 Å². The highest BCUT2D eigenvalue weighted by molar-refractivity contribution is 5.89. The van der Waals surface area contributed by atoms with E-state index in [1.807, 2.05) is 18.7 Å². The van der Waals surface area contributed by atoms with Gasteiger partial charge in [-0.1, -0.05) is 6.92 Å². The molecular formula is C15H26N2O3. The van der Waals surface area contributed by atoms with Gasteiger partial charge in [-0.25, -0.2) is 0 Å². The highest BCUT2D eigenvalue weighted by Gasteiger charge is 2.38. The van der Waals surface area contributed by atoms with Gasteiger partial charge in [-0.15, -0.1) is 0 Å². The van der Waals surface area contributed by atoms with E-state index in [-0.39, 0.29) is 29.9 Å². The Bertz CT molecular complexity index is 381. The van der Waals surface area contributed by atoms with E-state index in [1.165, 1.54) is 12.8 Å². The number of carbonyl (C=O) groups is 2. The summed E-state index contributed by atoms with van der Waals surface area (Å²) >= 11 is 0. The maximum atomic E-state index is 12.3. The Hall–Kier alpha value is -1.10. The molecular weight excluding hydrogens is 256 g/mol. The summed E-state index contributed by atoms with van der Waals surface area (Å²) in [4.78, 5) is 26.1. The zero-order chi connectivity index (χ0) is 14.8. The highest BCUT2D eigenvalue weighted by Crippen LogP contribution is 2.32. The third kappa shape index (κ3) is 3.72. The van der Waals surface area contributed by atoms with E-state index >= 15 is 0 Å². The number of hydrogen-bond acceptors (Lipinski definition) is 3. The monoisotopic (exact) mass is 282 g/mol. The number of rotatable bonds is 7. The maximum absolute atomic E-state index is 12.3. The molecule has 2 N–H and O–H groups in total. The van der Waals surface area contributed by atoms with Gasteiger partial charge in [0.1, 0.15) is 0 Å². The highest BCUT2D eigenvalue weighted by atomic mass is 16.3. The first-order valence-electron chi connectivity index (χ1n) is 7.68. The molecule has 1 aliphatic heterocycles. The lowest BCUT2D eigenvalue weighted by Gasteiger charge is -2.30. The van der Waals surface area contributed by atoms with Crippen molar-refractivity contribution in [2.24, 2.45) is 11.8 Å². The first kappa shape index (κ1) is 15.3. The number of aliphatic hydroxyl groups is 1. The predicted molar refractivity (Wildman–Crippen MR) is 76.0 cm³/mol. The second-order valence-corrected chi connectivity index (χ2v) is 6.52. The molecule has 1 saturated heterocycles. The quantitative estimate of drug-likeness (QED) is 0.729. The van der Waals surface area contributed by atoms with Gasteiger partial charge >= 0.3 is 0 Å². The molecule has 2 amide bonds. The summed E-state index contributed by atoms with van der Waals surface area (Å²) in [6.07, 6.45) is 4.07. The second-order valence-electron chi connectivity index (χ2n) is 6.52. The second kappa shape index (κ2) is 6.12. The molecule has 2 aliphatic rings. The zero-order valence-corrected chi connectivity index (χ0v) is 12.5. The average molecular weight is 282 g/mol. The fraction of sp³-hybridized carbons (Fsp3) is 0.867. The van der Waals surface area contributed by atoms with Crippen molar-refractivity contribution in [2.75, 3.05) is 19.7 Å². The van der Waals surface area contributed by atoms with Crippen LogP contribution in [0.25, 0.3) is 0 Å². The molecule has 0 bridgehead atoms. The number of likely N-dealkylation sites (tertiary alicyclic amines) is 1. The van der Waals surface area contributed by atoms with E-state index in [0.717, 1.165) is 13.0 Å². The van der Waals surface area contributed by atoms with E-state index in [0.29, 0.717) is 25.3 Å². The largest absolute Gasteiger partial charge is 0.396 e. The molecule has 20 heavy (non-hydrogen) atoms. The number of hydrogen-bond donors (Lipinski definition) is 2. The molecule has 2 rings (SSSR count). The van der Waals surface area contributed by atoms with Crippen LogP contribution >= 0.6 is 0 Å². The minimum atomic E-state index is -0.376. The summed E-state index contributed by atoms with van der Waals surface area (Å²) in [6, 6.07) is 0. The molecule has 0 spiro atoms. The molecule has 2 atom stereocenters. The Balaban J connectivity index is 1.87. The number of carbonyl (C=O) groups excluding carboxylic acids is 2. The molecule has 2 unspecified atom stereocenters. The van der Waals surface area contributed by atoms with Gasteiger partial charge in [0.15, 0.2) is 0 Å². The predicted octanol–water partition coefficient (Wildman–Crippen LogP) is 0.912. The van der Waals surface area contributed by atoms with Gasteiger partial charge in [-0.3, -0.25) is 9.59 Å². The standard InChI is InChI=1S/C15H26N2O3/c1-3-15(2,6-7-18)16-14(20)12-8-13(19)17(10-12)9-11-4-5-11/h11-12,18H,3-10H2,1-2H3,(H,16,20). The van der Waals surface area contributed by atoms with Crippen LogP contribution in [0.1, 0.15) is 46.0 Å². The fourth-order valence-electron chi connectivity index (χ4n) is 2.71. The average Bonchev–Trinajstić information content (AvgIpc) is 3.13. The van der Waals surface area contributed by atoms with Crippen molar-refractivity contribution in [1.82, 2.24) is 10.2 Å². The summed E-state index contributed by atoms with van der Waals surface area (Å²) in [7, 11) is 0. The van der Waals surface area contributed by atoms with E-state index in [4.69, 9.17) is 5.11 Å². The van der Waals surface area contributed by atoms with Gasteiger partial charge in [0, 0.05) is 31.7 Å². The molecule has 0 aromatic carbocycles. The minimum Gasteiger partial charge on any atom is -0.396 e. The van der Waals surface area contributed by atoms with Gasteiger partial charge in [-0.05, 0) is 38.5 Å².